The van der Waals surface area contributed by atoms with E-state index in [9.17, 15) is 4.79 Å². The van der Waals surface area contributed by atoms with Crippen LogP contribution < -0.4 is 4.90 Å². The Kier molecular flexibility index (Phi) is 4.68. The Morgan fingerprint density at radius 1 is 1.26 bits per heavy atom. The molecule has 7 heteroatoms. The lowest BCUT2D eigenvalue weighted by Gasteiger charge is -2.36. The molecule has 2 unspecified atom stereocenters. The van der Waals surface area contributed by atoms with Gasteiger partial charge in [-0.1, -0.05) is 23.9 Å². The van der Waals surface area contributed by atoms with Crippen LogP contribution in [-0.2, 0) is 9.53 Å². The molecule has 1 fully saturated rings. The molecule has 1 aromatic heterocycles. The number of morpholine rings is 1. The fourth-order valence-corrected chi connectivity index (χ4v) is 3.49. The van der Waals surface area contributed by atoms with Gasteiger partial charge in [0, 0.05) is 13.1 Å². The topological polar surface area (TPSA) is 75.6 Å². The van der Waals surface area contributed by atoms with Crippen molar-refractivity contribution in [3.8, 4) is 0 Å². The number of para-hydroxylation sites is 2. The minimum atomic E-state index is -0.861. The molecule has 1 saturated heterocycles. The Morgan fingerprint density at radius 3 is 2.48 bits per heavy atom. The van der Waals surface area contributed by atoms with Gasteiger partial charge in [0.25, 0.3) is 0 Å². The zero-order valence-electron chi connectivity index (χ0n) is 13.1. The summed E-state index contributed by atoms with van der Waals surface area (Å²) < 4.78 is 5.77. The molecule has 1 aliphatic rings. The van der Waals surface area contributed by atoms with Crippen LogP contribution >= 0.6 is 11.8 Å². The number of hydrogen-bond donors (Lipinski definition) is 1. The minimum Gasteiger partial charge on any atom is -0.481 e. The number of thioether (sulfide) groups is 1. The SMILES string of the molecule is CC1CN(c2nc3ccccc3nc2SCC(=O)O)CC(C)O1. The third kappa shape index (κ3) is 3.73. The normalized spacial score (nSPS) is 21.6. The van der Waals surface area contributed by atoms with Gasteiger partial charge in [0.05, 0.1) is 29.0 Å². The van der Waals surface area contributed by atoms with E-state index < -0.39 is 5.97 Å². The van der Waals surface area contributed by atoms with Crippen molar-refractivity contribution in [1.82, 2.24) is 9.97 Å². The molecule has 0 radical (unpaired) electrons. The van der Waals surface area contributed by atoms with E-state index in [1.165, 1.54) is 11.8 Å². The van der Waals surface area contributed by atoms with Crippen molar-refractivity contribution in [2.24, 2.45) is 0 Å². The number of hydrogen-bond acceptors (Lipinski definition) is 6. The van der Waals surface area contributed by atoms with Gasteiger partial charge >= 0.3 is 5.97 Å². The first-order valence-corrected chi connectivity index (χ1v) is 8.53. The first-order valence-electron chi connectivity index (χ1n) is 7.54. The predicted molar refractivity (Wildman–Crippen MR) is 90.1 cm³/mol. The maximum Gasteiger partial charge on any atom is 0.313 e. The second-order valence-corrected chi connectivity index (χ2v) is 6.65. The summed E-state index contributed by atoms with van der Waals surface area (Å²) in [5.41, 5.74) is 1.59. The highest BCUT2D eigenvalue weighted by atomic mass is 32.2. The number of carboxylic acids is 1. The largest absolute Gasteiger partial charge is 0.481 e. The number of aromatic nitrogens is 2. The Bertz CT molecular complexity index is 715. The minimum absolute atomic E-state index is 0.0323. The van der Waals surface area contributed by atoms with E-state index in [1.54, 1.807) is 0 Å². The summed E-state index contributed by atoms with van der Waals surface area (Å²) in [6.45, 7) is 5.50. The molecular weight excluding hydrogens is 314 g/mol. The third-order valence-electron chi connectivity index (χ3n) is 3.57. The van der Waals surface area contributed by atoms with Crippen LogP contribution in [0.3, 0.4) is 0 Å². The number of nitrogens with zero attached hydrogens (tertiary/aromatic N) is 3. The Labute approximate surface area is 138 Å². The fraction of sp³-hybridized carbons (Fsp3) is 0.438. The Balaban J connectivity index is 2.01. The van der Waals surface area contributed by atoms with Gasteiger partial charge in [-0.3, -0.25) is 4.79 Å². The van der Waals surface area contributed by atoms with Gasteiger partial charge in [-0.2, -0.15) is 0 Å². The molecule has 1 aliphatic heterocycles. The number of carbonyl (C=O) groups is 1. The lowest BCUT2D eigenvalue weighted by atomic mass is 10.2. The molecule has 6 nitrogen and oxygen atoms in total. The molecule has 2 atom stereocenters. The first kappa shape index (κ1) is 16.0. The molecule has 0 aliphatic carbocycles. The average Bonchev–Trinajstić information content (AvgIpc) is 2.51. The van der Waals surface area contributed by atoms with Crippen molar-refractivity contribution < 1.29 is 14.6 Å². The van der Waals surface area contributed by atoms with E-state index in [0.717, 1.165) is 29.9 Å². The molecule has 0 spiro atoms. The molecule has 0 amide bonds. The fourth-order valence-electron chi connectivity index (χ4n) is 2.76. The highest BCUT2D eigenvalue weighted by Crippen LogP contribution is 2.30. The lowest BCUT2D eigenvalue weighted by Crippen LogP contribution is -2.46. The van der Waals surface area contributed by atoms with Crippen molar-refractivity contribution in [3.05, 3.63) is 24.3 Å². The summed E-state index contributed by atoms with van der Waals surface area (Å²) in [5.74, 6) is -0.147. The number of rotatable bonds is 4. The van der Waals surface area contributed by atoms with Crippen LogP contribution in [-0.4, -0.2) is 52.1 Å². The summed E-state index contributed by atoms with van der Waals surface area (Å²) in [6.07, 6.45) is 0.202. The molecule has 23 heavy (non-hydrogen) atoms. The number of fused-ring (bicyclic) bond motifs is 1. The molecule has 3 rings (SSSR count). The number of anilines is 1. The molecule has 1 aromatic carbocycles. The molecule has 1 N–H and O–H groups in total. The van der Waals surface area contributed by atoms with Crippen LogP contribution in [0.15, 0.2) is 29.3 Å². The van der Waals surface area contributed by atoms with Crippen molar-refractivity contribution in [3.63, 3.8) is 0 Å². The summed E-state index contributed by atoms with van der Waals surface area (Å²) in [4.78, 5) is 22.4. The van der Waals surface area contributed by atoms with Crippen molar-refractivity contribution in [2.45, 2.75) is 31.1 Å². The summed E-state index contributed by atoms with van der Waals surface area (Å²) in [6, 6.07) is 7.64. The predicted octanol–water partition coefficient (Wildman–Crippen LogP) is 2.42. The zero-order chi connectivity index (χ0) is 16.4. The van der Waals surface area contributed by atoms with E-state index >= 15 is 0 Å². The Hall–Kier alpha value is -1.86. The molecule has 122 valence electrons. The molecule has 0 saturated carbocycles. The van der Waals surface area contributed by atoms with Gasteiger partial charge in [0.1, 0.15) is 5.03 Å². The van der Waals surface area contributed by atoms with Gasteiger partial charge in [0.15, 0.2) is 5.82 Å². The van der Waals surface area contributed by atoms with Crippen LogP contribution in [0.2, 0.25) is 0 Å². The standard InChI is InChI=1S/C16H19N3O3S/c1-10-7-19(8-11(2)22-10)15-16(23-9-14(20)21)18-13-6-4-3-5-12(13)17-15/h3-6,10-11H,7-9H2,1-2H3,(H,20,21). The molecule has 2 aromatic rings. The van der Waals surface area contributed by atoms with E-state index in [1.807, 2.05) is 38.1 Å². The highest BCUT2D eigenvalue weighted by molar-refractivity contribution is 8.00. The van der Waals surface area contributed by atoms with Crippen LogP contribution in [0, 0.1) is 0 Å². The number of benzene rings is 1. The van der Waals surface area contributed by atoms with Crippen LogP contribution in [0.5, 0.6) is 0 Å². The quantitative estimate of drug-likeness (QED) is 0.861. The molecule has 2 heterocycles. The number of ether oxygens (including phenoxy) is 1. The Morgan fingerprint density at radius 2 is 1.87 bits per heavy atom. The second kappa shape index (κ2) is 6.72. The van der Waals surface area contributed by atoms with E-state index in [4.69, 9.17) is 14.8 Å². The maximum absolute atomic E-state index is 10.9. The van der Waals surface area contributed by atoms with Crippen LogP contribution in [0.25, 0.3) is 11.0 Å². The van der Waals surface area contributed by atoms with Crippen molar-refractivity contribution >= 4 is 34.6 Å². The van der Waals surface area contributed by atoms with Crippen molar-refractivity contribution in [1.29, 1.82) is 0 Å². The maximum atomic E-state index is 10.9. The summed E-state index contributed by atoms with van der Waals surface area (Å²) in [5, 5.41) is 9.63. The summed E-state index contributed by atoms with van der Waals surface area (Å²) in [7, 11) is 0. The number of carboxylic acid groups (broad SMARTS) is 1. The summed E-state index contributed by atoms with van der Waals surface area (Å²) >= 11 is 1.21. The highest BCUT2D eigenvalue weighted by Gasteiger charge is 2.26. The first-order chi connectivity index (χ1) is 11.0. The third-order valence-corrected chi connectivity index (χ3v) is 4.51. The van der Waals surface area contributed by atoms with Gasteiger partial charge in [-0.25, -0.2) is 9.97 Å². The van der Waals surface area contributed by atoms with E-state index in [0.29, 0.717) is 5.03 Å². The molecular formula is C16H19N3O3S. The van der Waals surface area contributed by atoms with E-state index in [2.05, 4.69) is 9.88 Å². The van der Waals surface area contributed by atoms with Gasteiger partial charge in [0.2, 0.25) is 0 Å². The number of aliphatic carboxylic acids is 1. The smallest absolute Gasteiger partial charge is 0.313 e. The zero-order valence-corrected chi connectivity index (χ0v) is 13.9. The van der Waals surface area contributed by atoms with Gasteiger partial charge < -0.3 is 14.7 Å². The lowest BCUT2D eigenvalue weighted by molar-refractivity contribution is -0.133. The molecule has 0 bridgehead atoms. The average molecular weight is 333 g/mol. The van der Waals surface area contributed by atoms with Gasteiger partial charge in [-0.05, 0) is 26.0 Å². The van der Waals surface area contributed by atoms with E-state index in [-0.39, 0.29) is 18.0 Å². The van der Waals surface area contributed by atoms with Crippen LogP contribution in [0.4, 0.5) is 5.82 Å². The second-order valence-electron chi connectivity index (χ2n) is 5.69. The van der Waals surface area contributed by atoms with Crippen LogP contribution in [0.1, 0.15) is 13.8 Å². The van der Waals surface area contributed by atoms with Crippen molar-refractivity contribution in [2.75, 3.05) is 23.7 Å². The monoisotopic (exact) mass is 333 g/mol. The van der Waals surface area contributed by atoms with Gasteiger partial charge in [-0.15, -0.1) is 0 Å².